The van der Waals surface area contributed by atoms with E-state index in [0.717, 1.165) is 22.6 Å². The second-order valence-corrected chi connectivity index (χ2v) is 4.97. The largest absolute Gasteiger partial charge is 0.243 e. The van der Waals surface area contributed by atoms with E-state index < -0.39 is 0 Å². The van der Waals surface area contributed by atoms with Gasteiger partial charge in [0.25, 0.3) is 0 Å². The molecule has 0 saturated carbocycles. The van der Waals surface area contributed by atoms with Crippen LogP contribution in [0.5, 0.6) is 0 Å². The van der Waals surface area contributed by atoms with Gasteiger partial charge in [0.15, 0.2) is 5.82 Å². The maximum Gasteiger partial charge on any atom is 0.159 e. The quantitative estimate of drug-likeness (QED) is 0.575. The molecule has 0 bridgehead atoms. The summed E-state index contributed by atoms with van der Waals surface area (Å²) in [5.74, 6) is 0.887. The molecule has 2 aromatic heterocycles. The molecule has 2 aromatic carbocycles. The van der Waals surface area contributed by atoms with Gasteiger partial charge in [0.05, 0.1) is 11.9 Å². The van der Waals surface area contributed by atoms with Crippen molar-refractivity contribution in [2.24, 2.45) is 0 Å². The Morgan fingerprint density at radius 1 is 0.773 bits per heavy atom. The van der Waals surface area contributed by atoms with Crippen LogP contribution in [0.1, 0.15) is 0 Å². The second kappa shape index (κ2) is 5.33. The Labute approximate surface area is 128 Å². The summed E-state index contributed by atoms with van der Waals surface area (Å²) in [6, 6.07) is 20.3. The Hall–Kier alpha value is -3.14. The standard InChI is InChI=1S/C18H14N4/c1-3-7-15(8-4-1)17-13-22(21-12-11-19-14-21)18(20-17)16-9-5-2-6-10-16/h1-14H. The molecule has 4 heteroatoms. The van der Waals surface area contributed by atoms with Crippen LogP contribution in [0.3, 0.4) is 0 Å². The SMILES string of the molecule is c1ccc(-c2cn(-n3ccnc3)c(-c3ccccc3)n2)cc1. The number of imidazole rings is 2. The zero-order valence-electron chi connectivity index (χ0n) is 11.9. The van der Waals surface area contributed by atoms with Crippen LogP contribution in [0, 0.1) is 0 Å². The summed E-state index contributed by atoms with van der Waals surface area (Å²) < 4.78 is 3.92. The number of hydrogen-bond donors (Lipinski definition) is 0. The van der Waals surface area contributed by atoms with Gasteiger partial charge in [0.1, 0.15) is 6.33 Å². The molecular formula is C18H14N4. The summed E-state index contributed by atoms with van der Waals surface area (Å²) in [6.07, 6.45) is 7.46. The predicted molar refractivity (Wildman–Crippen MR) is 86.1 cm³/mol. The summed E-state index contributed by atoms with van der Waals surface area (Å²) >= 11 is 0. The number of hydrogen-bond acceptors (Lipinski definition) is 2. The molecule has 0 unspecified atom stereocenters. The highest BCUT2D eigenvalue weighted by molar-refractivity contribution is 5.65. The van der Waals surface area contributed by atoms with Crippen molar-refractivity contribution >= 4 is 0 Å². The van der Waals surface area contributed by atoms with E-state index in [2.05, 4.69) is 29.2 Å². The first-order valence-electron chi connectivity index (χ1n) is 7.11. The van der Waals surface area contributed by atoms with E-state index in [0.29, 0.717) is 0 Å². The molecule has 4 aromatic rings. The van der Waals surface area contributed by atoms with E-state index in [9.17, 15) is 0 Å². The fourth-order valence-corrected chi connectivity index (χ4v) is 2.46. The van der Waals surface area contributed by atoms with Crippen molar-refractivity contribution in [1.82, 2.24) is 19.3 Å². The molecule has 0 amide bonds. The van der Waals surface area contributed by atoms with Crippen LogP contribution >= 0.6 is 0 Å². The van der Waals surface area contributed by atoms with Crippen LogP contribution in [0.4, 0.5) is 0 Å². The first-order chi connectivity index (χ1) is 10.9. The van der Waals surface area contributed by atoms with Gasteiger partial charge in [-0.15, -0.1) is 0 Å². The van der Waals surface area contributed by atoms with E-state index in [1.807, 2.05) is 58.1 Å². The average Bonchev–Trinajstić information content (AvgIpc) is 3.26. The van der Waals surface area contributed by atoms with E-state index in [1.54, 1.807) is 12.5 Å². The molecule has 2 heterocycles. The smallest absolute Gasteiger partial charge is 0.159 e. The normalized spacial score (nSPS) is 10.7. The maximum atomic E-state index is 4.82. The minimum Gasteiger partial charge on any atom is -0.243 e. The molecule has 4 rings (SSSR count). The van der Waals surface area contributed by atoms with Crippen molar-refractivity contribution in [1.29, 1.82) is 0 Å². The molecule has 0 fully saturated rings. The molecule has 0 aliphatic heterocycles. The molecule has 0 atom stereocenters. The van der Waals surface area contributed by atoms with Crippen molar-refractivity contribution in [3.8, 4) is 22.6 Å². The van der Waals surface area contributed by atoms with Crippen LogP contribution in [0.15, 0.2) is 85.6 Å². The fraction of sp³-hybridized carbons (Fsp3) is 0. The third kappa shape index (κ3) is 2.20. The van der Waals surface area contributed by atoms with E-state index >= 15 is 0 Å². The van der Waals surface area contributed by atoms with Crippen molar-refractivity contribution in [3.05, 3.63) is 85.6 Å². The first-order valence-corrected chi connectivity index (χ1v) is 7.11. The number of benzene rings is 2. The topological polar surface area (TPSA) is 35.6 Å². The van der Waals surface area contributed by atoms with Gasteiger partial charge in [0.2, 0.25) is 0 Å². The van der Waals surface area contributed by atoms with Gasteiger partial charge in [-0.05, 0) is 0 Å². The third-order valence-electron chi connectivity index (χ3n) is 3.53. The van der Waals surface area contributed by atoms with Gasteiger partial charge in [0, 0.05) is 23.5 Å². The van der Waals surface area contributed by atoms with Crippen LogP contribution in [-0.4, -0.2) is 19.3 Å². The van der Waals surface area contributed by atoms with Crippen LogP contribution in [0.2, 0.25) is 0 Å². The van der Waals surface area contributed by atoms with Gasteiger partial charge in [-0.2, -0.15) is 0 Å². The van der Waals surface area contributed by atoms with E-state index in [1.165, 1.54) is 0 Å². The van der Waals surface area contributed by atoms with Crippen molar-refractivity contribution in [3.63, 3.8) is 0 Å². The van der Waals surface area contributed by atoms with Crippen molar-refractivity contribution in [2.75, 3.05) is 0 Å². The lowest BCUT2D eigenvalue weighted by atomic mass is 10.2. The molecular weight excluding hydrogens is 272 g/mol. The molecule has 0 saturated heterocycles. The Bertz CT molecular complexity index is 862. The lowest BCUT2D eigenvalue weighted by molar-refractivity contribution is 0.665. The van der Waals surface area contributed by atoms with Crippen LogP contribution in [0.25, 0.3) is 22.6 Å². The summed E-state index contributed by atoms with van der Waals surface area (Å²) in [7, 11) is 0. The van der Waals surface area contributed by atoms with Crippen molar-refractivity contribution in [2.45, 2.75) is 0 Å². The lowest BCUT2D eigenvalue weighted by Crippen LogP contribution is -2.06. The Kier molecular flexibility index (Phi) is 3.05. The highest BCUT2D eigenvalue weighted by Gasteiger charge is 2.12. The number of nitrogens with zero attached hydrogens (tertiary/aromatic N) is 4. The summed E-state index contributed by atoms with van der Waals surface area (Å²) in [5.41, 5.74) is 3.10. The lowest BCUT2D eigenvalue weighted by Gasteiger charge is -2.07. The summed E-state index contributed by atoms with van der Waals surface area (Å²) in [6.45, 7) is 0. The predicted octanol–water partition coefficient (Wildman–Crippen LogP) is 3.73. The van der Waals surface area contributed by atoms with Crippen molar-refractivity contribution < 1.29 is 0 Å². The van der Waals surface area contributed by atoms with Crippen LogP contribution < -0.4 is 0 Å². The van der Waals surface area contributed by atoms with Gasteiger partial charge in [-0.3, -0.25) is 0 Å². The second-order valence-electron chi connectivity index (χ2n) is 4.97. The Morgan fingerprint density at radius 2 is 1.45 bits per heavy atom. The zero-order chi connectivity index (χ0) is 14.8. The van der Waals surface area contributed by atoms with E-state index in [-0.39, 0.29) is 0 Å². The molecule has 22 heavy (non-hydrogen) atoms. The summed E-state index contributed by atoms with van der Waals surface area (Å²) in [4.78, 5) is 8.95. The first kappa shape index (κ1) is 12.6. The average molecular weight is 286 g/mol. The van der Waals surface area contributed by atoms with E-state index in [4.69, 9.17) is 4.98 Å². The molecule has 0 aliphatic rings. The van der Waals surface area contributed by atoms with Gasteiger partial charge < -0.3 is 0 Å². The Morgan fingerprint density at radius 3 is 2.09 bits per heavy atom. The molecule has 106 valence electrons. The maximum absolute atomic E-state index is 4.82. The molecule has 0 spiro atoms. The molecule has 4 nitrogen and oxygen atoms in total. The van der Waals surface area contributed by atoms with Gasteiger partial charge >= 0.3 is 0 Å². The molecule has 0 aliphatic carbocycles. The fourth-order valence-electron chi connectivity index (χ4n) is 2.46. The third-order valence-corrected chi connectivity index (χ3v) is 3.53. The highest BCUT2D eigenvalue weighted by Crippen LogP contribution is 2.24. The van der Waals surface area contributed by atoms with Crippen LogP contribution in [-0.2, 0) is 0 Å². The highest BCUT2D eigenvalue weighted by atomic mass is 15.5. The number of rotatable bonds is 3. The molecule has 0 radical (unpaired) electrons. The molecule has 0 N–H and O–H groups in total. The Balaban J connectivity index is 1.91. The van der Waals surface area contributed by atoms with Gasteiger partial charge in [-0.1, -0.05) is 60.7 Å². The zero-order valence-corrected chi connectivity index (χ0v) is 11.9. The van der Waals surface area contributed by atoms with Gasteiger partial charge in [-0.25, -0.2) is 19.3 Å². The monoisotopic (exact) mass is 286 g/mol. The minimum atomic E-state index is 0.887. The number of aromatic nitrogens is 4. The summed E-state index contributed by atoms with van der Waals surface area (Å²) in [5, 5.41) is 0. The minimum absolute atomic E-state index is 0.887.